The minimum atomic E-state index is -6.14. The number of halogens is 8. The van der Waals surface area contributed by atoms with Crippen LogP contribution in [0.5, 0.6) is 0 Å². The molecule has 0 saturated carbocycles. The summed E-state index contributed by atoms with van der Waals surface area (Å²) in [6.07, 6.45) is -9.39. The van der Waals surface area contributed by atoms with E-state index in [1.54, 1.807) is 0 Å². The van der Waals surface area contributed by atoms with Crippen molar-refractivity contribution in [1.82, 2.24) is 24.6 Å². The predicted molar refractivity (Wildman–Crippen MR) is 101 cm³/mol. The second kappa shape index (κ2) is 9.27. The highest BCUT2D eigenvalue weighted by atomic mass is 19.4. The molecule has 14 heteroatoms. The van der Waals surface area contributed by atoms with E-state index in [1.165, 1.54) is 0 Å². The van der Waals surface area contributed by atoms with E-state index in [0.29, 0.717) is 0 Å². The van der Waals surface area contributed by atoms with Crippen molar-refractivity contribution in [3.8, 4) is 11.6 Å². The van der Waals surface area contributed by atoms with Gasteiger partial charge in [-0.25, -0.2) is 9.97 Å². The maximum atomic E-state index is 13.8. The van der Waals surface area contributed by atoms with Crippen LogP contribution < -0.4 is 0 Å². The largest absolute Gasteiger partial charge is 0.459 e. The molecule has 0 spiro atoms. The molecule has 0 atom stereocenters. The SMILES string of the molecule is CC.CC.FC(F)(F)c1cc(C(F)(F)C(F)(F)F)nc2c1ccc1nc(-c3nnco3)cn12. The molecule has 6 nitrogen and oxygen atoms in total. The zero-order valence-electron chi connectivity index (χ0n) is 17.6. The molecule has 4 aromatic heterocycles. The average Bonchev–Trinajstić information content (AvgIpc) is 3.44. The van der Waals surface area contributed by atoms with E-state index in [4.69, 9.17) is 4.42 Å². The fraction of sp³-hybridized carbons (Fsp3) is 0.368. The van der Waals surface area contributed by atoms with Crippen LogP contribution in [0.15, 0.2) is 35.2 Å². The zero-order chi connectivity index (χ0) is 25.2. The van der Waals surface area contributed by atoms with E-state index >= 15 is 0 Å². The van der Waals surface area contributed by atoms with Crippen molar-refractivity contribution < 1.29 is 39.5 Å². The van der Waals surface area contributed by atoms with Gasteiger partial charge >= 0.3 is 18.3 Å². The normalized spacial score (nSPS) is 12.2. The van der Waals surface area contributed by atoms with Crippen molar-refractivity contribution in [3.05, 3.63) is 42.0 Å². The van der Waals surface area contributed by atoms with E-state index < -0.39 is 40.6 Å². The quantitative estimate of drug-likeness (QED) is 0.298. The van der Waals surface area contributed by atoms with Gasteiger partial charge in [-0.2, -0.15) is 35.1 Å². The summed E-state index contributed by atoms with van der Waals surface area (Å²) >= 11 is 0. The molecule has 0 unspecified atom stereocenters. The summed E-state index contributed by atoms with van der Waals surface area (Å²) < 4.78 is 112. The van der Waals surface area contributed by atoms with Gasteiger partial charge in [0.1, 0.15) is 22.7 Å². The first-order valence-corrected chi connectivity index (χ1v) is 9.51. The molecule has 0 saturated heterocycles. The van der Waals surface area contributed by atoms with Crippen molar-refractivity contribution in [2.45, 2.75) is 46.0 Å². The van der Waals surface area contributed by atoms with Crippen molar-refractivity contribution in [3.63, 3.8) is 0 Å². The lowest BCUT2D eigenvalue weighted by Crippen LogP contribution is -2.35. The molecular weight excluding hydrogens is 466 g/mol. The summed E-state index contributed by atoms with van der Waals surface area (Å²) in [4.78, 5) is 7.17. The number of aromatic nitrogens is 5. The van der Waals surface area contributed by atoms with Gasteiger partial charge < -0.3 is 4.42 Å². The van der Waals surface area contributed by atoms with Crippen LogP contribution >= 0.6 is 0 Å². The number of nitrogens with zero attached hydrogens (tertiary/aromatic N) is 5. The predicted octanol–water partition coefficient (Wildman–Crippen LogP) is 6.66. The first kappa shape index (κ1) is 25.9. The van der Waals surface area contributed by atoms with E-state index in [1.807, 2.05) is 27.7 Å². The topological polar surface area (TPSA) is 69.1 Å². The molecule has 0 N–H and O–H groups in total. The summed E-state index contributed by atoms with van der Waals surface area (Å²) in [5, 5.41) is 6.25. The molecule has 0 radical (unpaired) electrons. The molecule has 0 aliphatic carbocycles. The number of hydrogen-bond acceptors (Lipinski definition) is 5. The number of pyridine rings is 2. The Morgan fingerprint density at radius 3 is 2.03 bits per heavy atom. The summed E-state index contributed by atoms with van der Waals surface area (Å²) in [5.41, 5.74) is -4.71. The molecule has 33 heavy (non-hydrogen) atoms. The summed E-state index contributed by atoms with van der Waals surface area (Å²) in [6, 6.07) is 1.68. The van der Waals surface area contributed by atoms with Crippen LogP contribution in [0.1, 0.15) is 39.0 Å². The Kier molecular flexibility index (Phi) is 7.29. The monoisotopic (exact) mass is 483 g/mol. The lowest BCUT2D eigenvalue weighted by Gasteiger charge is -2.21. The van der Waals surface area contributed by atoms with Crippen LogP contribution in [0, 0.1) is 0 Å². The molecule has 0 amide bonds. The van der Waals surface area contributed by atoms with Gasteiger partial charge in [0.15, 0.2) is 0 Å². The van der Waals surface area contributed by atoms with Crippen molar-refractivity contribution in [2.24, 2.45) is 0 Å². The molecule has 180 valence electrons. The number of rotatable bonds is 2. The first-order chi connectivity index (χ1) is 15.4. The van der Waals surface area contributed by atoms with Gasteiger partial charge in [-0.1, -0.05) is 27.7 Å². The van der Waals surface area contributed by atoms with Gasteiger partial charge in [-0.3, -0.25) is 4.40 Å². The molecule has 0 bridgehead atoms. The molecule has 4 heterocycles. The highest BCUT2D eigenvalue weighted by Gasteiger charge is 2.60. The summed E-state index contributed by atoms with van der Waals surface area (Å²) in [7, 11) is 0. The Morgan fingerprint density at radius 2 is 1.52 bits per heavy atom. The van der Waals surface area contributed by atoms with E-state index in [2.05, 4.69) is 20.2 Å². The van der Waals surface area contributed by atoms with Crippen molar-refractivity contribution in [1.29, 1.82) is 0 Å². The minimum absolute atomic E-state index is 0.0432. The highest BCUT2D eigenvalue weighted by Crippen LogP contribution is 2.45. The Hall–Kier alpha value is -3.32. The molecule has 0 aliphatic rings. The maximum Gasteiger partial charge on any atom is 0.459 e. The number of fused-ring (bicyclic) bond motifs is 3. The highest BCUT2D eigenvalue weighted by molar-refractivity contribution is 5.83. The fourth-order valence-electron chi connectivity index (χ4n) is 2.66. The van der Waals surface area contributed by atoms with Gasteiger partial charge in [-0.15, -0.1) is 10.2 Å². The average molecular weight is 483 g/mol. The van der Waals surface area contributed by atoms with E-state index in [9.17, 15) is 35.1 Å². The molecule has 0 fully saturated rings. The van der Waals surface area contributed by atoms with Crippen LogP contribution in [0.2, 0.25) is 0 Å². The van der Waals surface area contributed by atoms with Gasteiger partial charge in [0.05, 0.1) is 5.56 Å². The Morgan fingerprint density at radius 1 is 0.879 bits per heavy atom. The molecule has 4 rings (SSSR count). The number of alkyl halides is 8. The molecule has 0 aromatic carbocycles. The lowest BCUT2D eigenvalue weighted by atomic mass is 10.1. The van der Waals surface area contributed by atoms with Crippen LogP contribution in [-0.4, -0.2) is 30.7 Å². The van der Waals surface area contributed by atoms with Gasteiger partial charge in [0, 0.05) is 11.6 Å². The van der Waals surface area contributed by atoms with Crippen LogP contribution in [-0.2, 0) is 12.1 Å². The minimum Gasteiger partial charge on any atom is -0.422 e. The van der Waals surface area contributed by atoms with Crippen LogP contribution in [0.4, 0.5) is 35.1 Å². The fourth-order valence-corrected chi connectivity index (χ4v) is 2.66. The lowest BCUT2D eigenvalue weighted by molar-refractivity contribution is -0.291. The Balaban J connectivity index is 0.000000914. The molecule has 4 aromatic rings. The Labute approximate surface area is 181 Å². The third-order valence-electron chi connectivity index (χ3n) is 3.96. The number of imidazole rings is 1. The third-order valence-corrected chi connectivity index (χ3v) is 3.96. The van der Waals surface area contributed by atoms with Crippen LogP contribution in [0.25, 0.3) is 28.3 Å². The third kappa shape index (κ3) is 4.73. The zero-order valence-corrected chi connectivity index (χ0v) is 17.6. The second-order valence-electron chi connectivity index (χ2n) is 5.79. The smallest absolute Gasteiger partial charge is 0.422 e. The Bertz CT molecular complexity index is 1210. The van der Waals surface area contributed by atoms with Crippen LogP contribution in [0.3, 0.4) is 0 Å². The first-order valence-electron chi connectivity index (χ1n) is 9.51. The van der Waals surface area contributed by atoms with E-state index in [0.717, 1.165) is 29.1 Å². The second-order valence-corrected chi connectivity index (χ2v) is 5.79. The molecular formula is C19H17F8N5O. The molecule has 0 aliphatic heterocycles. The van der Waals surface area contributed by atoms with Gasteiger partial charge in [0.25, 0.3) is 5.89 Å². The van der Waals surface area contributed by atoms with Gasteiger partial charge in [0.2, 0.25) is 6.39 Å². The van der Waals surface area contributed by atoms with E-state index in [-0.39, 0.29) is 23.3 Å². The van der Waals surface area contributed by atoms with Crippen molar-refractivity contribution >= 4 is 16.7 Å². The van der Waals surface area contributed by atoms with Gasteiger partial charge in [-0.05, 0) is 18.2 Å². The maximum absolute atomic E-state index is 13.8. The summed E-state index contributed by atoms with van der Waals surface area (Å²) in [5.74, 6) is -5.76. The standard InChI is InChI=1S/C15H5F8N5O.2C2H6/c16-13(17,15(21,22)23)9-3-7(14(18,19)20)6-1-2-10-25-8(12-27-24-5-29-12)4-28(10)11(6)26-9;2*1-2/h1-5H;2*1-2H3. The number of hydrogen-bond donors (Lipinski definition) is 0. The summed E-state index contributed by atoms with van der Waals surface area (Å²) in [6.45, 7) is 8.00. The van der Waals surface area contributed by atoms with Crippen molar-refractivity contribution in [2.75, 3.05) is 0 Å².